The number of carbonyl (C=O) groups excluding carboxylic acids is 1. The van der Waals surface area contributed by atoms with Crippen molar-refractivity contribution in [2.24, 2.45) is 0 Å². The third-order valence-corrected chi connectivity index (χ3v) is 6.58. The van der Waals surface area contributed by atoms with Gasteiger partial charge in [0.15, 0.2) is 0 Å². The molecule has 6 nitrogen and oxygen atoms in total. The Morgan fingerprint density at radius 3 is 2.44 bits per heavy atom. The average molecular weight is 388 g/mol. The van der Waals surface area contributed by atoms with E-state index in [1.54, 1.807) is 28.6 Å². The number of benzene rings is 1. The van der Waals surface area contributed by atoms with Crippen molar-refractivity contribution in [3.8, 4) is 0 Å². The van der Waals surface area contributed by atoms with Gasteiger partial charge >= 0.3 is 0 Å². The summed E-state index contributed by atoms with van der Waals surface area (Å²) in [6, 6.07) is 6.91. The Labute approximate surface area is 155 Å². The molecule has 140 valence electrons. The summed E-state index contributed by atoms with van der Waals surface area (Å²) in [4.78, 5) is 12.3. The summed E-state index contributed by atoms with van der Waals surface area (Å²) in [5.41, 5.74) is 0.830. The highest BCUT2D eigenvalue weighted by molar-refractivity contribution is 7.89. The van der Waals surface area contributed by atoms with Gasteiger partial charge in [-0.15, -0.1) is 12.4 Å². The molecule has 0 spiro atoms. The molecule has 1 amide bonds. The standard InChI is InChI=1S/C17H25N3O3S.ClH/c21-17(19-15-8-9-18-13-15)12-14-4-6-16(7-5-14)24(22,23)20-10-2-1-3-11-20;/h4-7,15,18H,1-3,8-13H2,(H,19,21);1H. The summed E-state index contributed by atoms with van der Waals surface area (Å²) in [5, 5.41) is 6.21. The van der Waals surface area contributed by atoms with Crippen LogP contribution in [-0.2, 0) is 21.2 Å². The zero-order valence-electron chi connectivity index (χ0n) is 14.2. The lowest BCUT2D eigenvalue weighted by atomic mass is 10.1. The number of sulfonamides is 1. The lowest BCUT2D eigenvalue weighted by Crippen LogP contribution is -2.37. The van der Waals surface area contributed by atoms with Gasteiger partial charge in [-0.05, 0) is 43.5 Å². The average Bonchev–Trinajstić information content (AvgIpc) is 3.09. The van der Waals surface area contributed by atoms with Crippen LogP contribution in [-0.4, -0.2) is 50.9 Å². The highest BCUT2D eigenvalue weighted by Gasteiger charge is 2.25. The second-order valence-electron chi connectivity index (χ2n) is 6.54. The van der Waals surface area contributed by atoms with Crippen LogP contribution >= 0.6 is 12.4 Å². The molecule has 2 aliphatic heterocycles. The maximum atomic E-state index is 12.6. The van der Waals surface area contributed by atoms with Crippen LogP contribution in [0.25, 0.3) is 0 Å². The summed E-state index contributed by atoms with van der Waals surface area (Å²) in [6.07, 6.45) is 4.18. The lowest BCUT2D eigenvalue weighted by Gasteiger charge is -2.25. The largest absolute Gasteiger partial charge is 0.352 e. The van der Waals surface area contributed by atoms with Gasteiger partial charge < -0.3 is 10.6 Å². The fourth-order valence-electron chi connectivity index (χ4n) is 3.28. The van der Waals surface area contributed by atoms with Gasteiger partial charge in [-0.1, -0.05) is 18.6 Å². The number of piperidine rings is 1. The van der Waals surface area contributed by atoms with Crippen molar-refractivity contribution in [1.29, 1.82) is 0 Å². The Balaban J connectivity index is 0.00000225. The topological polar surface area (TPSA) is 78.5 Å². The number of nitrogens with zero attached hydrogens (tertiary/aromatic N) is 1. The lowest BCUT2D eigenvalue weighted by molar-refractivity contribution is -0.121. The molecule has 3 rings (SSSR count). The van der Waals surface area contributed by atoms with Crippen molar-refractivity contribution in [1.82, 2.24) is 14.9 Å². The summed E-state index contributed by atoms with van der Waals surface area (Å²) in [7, 11) is -3.40. The summed E-state index contributed by atoms with van der Waals surface area (Å²) in [6.45, 7) is 2.95. The van der Waals surface area contributed by atoms with Crippen LogP contribution in [0.2, 0.25) is 0 Å². The predicted octanol–water partition coefficient (Wildman–Crippen LogP) is 1.30. The van der Waals surface area contributed by atoms with Crippen LogP contribution in [0.5, 0.6) is 0 Å². The van der Waals surface area contributed by atoms with E-state index in [1.807, 2.05) is 0 Å². The minimum absolute atomic E-state index is 0. The quantitative estimate of drug-likeness (QED) is 0.798. The van der Waals surface area contributed by atoms with Crippen molar-refractivity contribution in [2.45, 2.75) is 43.0 Å². The molecule has 1 aromatic carbocycles. The second-order valence-corrected chi connectivity index (χ2v) is 8.48. The zero-order chi connectivity index (χ0) is 17.0. The van der Waals surface area contributed by atoms with Crippen molar-refractivity contribution < 1.29 is 13.2 Å². The third-order valence-electron chi connectivity index (χ3n) is 4.67. The molecule has 2 N–H and O–H groups in total. The Kier molecular flexibility index (Phi) is 7.25. The van der Waals surface area contributed by atoms with Gasteiger partial charge in [-0.25, -0.2) is 8.42 Å². The van der Waals surface area contributed by atoms with E-state index in [2.05, 4.69) is 10.6 Å². The highest BCUT2D eigenvalue weighted by Crippen LogP contribution is 2.21. The molecule has 1 aromatic rings. The second kappa shape index (κ2) is 8.98. The molecule has 0 aliphatic carbocycles. The summed E-state index contributed by atoms with van der Waals surface area (Å²) in [5.74, 6) is -0.0182. The van der Waals surface area contributed by atoms with Crippen molar-refractivity contribution in [2.75, 3.05) is 26.2 Å². The number of hydrogen-bond donors (Lipinski definition) is 2. The first kappa shape index (κ1) is 20.2. The van der Waals surface area contributed by atoms with E-state index in [1.165, 1.54) is 0 Å². The molecule has 2 aliphatic rings. The van der Waals surface area contributed by atoms with Crippen LogP contribution < -0.4 is 10.6 Å². The number of carbonyl (C=O) groups is 1. The molecule has 0 saturated carbocycles. The maximum absolute atomic E-state index is 12.6. The Morgan fingerprint density at radius 2 is 1.84 bits per heavy atom. The molecule has 2 saturated heterocycles. The van der Waals surface area contributed by atoms with E-state index in [0.29, 0.717) is 18.0 Å². The zero-order valence-corrected chi connectivity index (χ0v) is 15.9. The monoisotopic (exact) mass is 387 g/mol. The number of rotatable bonds is 5. The molecule has 0 bridgehead atoms. The van der Waals surface area contributed by atoms with Gasteiger partial charge in [0, 0.05) is 25.7 Å². The van der Waals surface area contributed by atoms with Crippen LogP contribution in [0, 0.1) is 0 Å². The molecular weight excluding hydrogens is 362 g/mol. The van der Waals surface area contributed by atoms with E-state index >= 15 is 0 Å². The van der Waals surface area contributed by atoms with E-state index in [9.17, 15) is 13.2 Å². The summed E-state index contributed by atoms with van der Waals surface area (Å²) < 4.78 is 26.7. The van der Waals surface area contributed by atoms with Crippen molar-refractivity contribution in [3.63, 3.8) is 0 Å². The first-order chi connectivity index (χ1) is 11.6. The summed E-state index contributed by atoms with van der Waals surface area (Å²) >= 11 is 0. The van der Waals surface area contributed by atoms with Crippen molar-refractivity contribution in [3.05, 3.63) is 29.8 Å². The Bertz CT molecular complexity index is 667. The molecule has 1 unspecified atom stereocenters. The van der Waals surface area contributed by atoms with Gasteiger partial charge in [0.1, 0.15) is 0 Å². The van der Waals surface area contributed by atoms with Crippen LogP contribution in [0.4, 0.5) is 0 Å². The first-order valence-electron chi connectivity index (χ1n) is 8.65. The molecule has 2 fully saturated rings. The third kappa shape index (κ3) is 5.17. The maximum Gasteiger partial charge on any atom is 0.243 e. The molecule has 0 radical (unpaired) electrons. The van der Waals surface area contributed by atoms with Crippen LogP contribution in [0.1, 0.15) is 31.2 Å². The first-order valence-corrected chi connectivity index (χ1v) is 10.1. The van der Waals surface area contributed by atoms with Gasteiger partial charge in [0.05, 0.1) is 11.3 Å². The Morgan fingerprint density at radius 1 is 1.16 bits per heavy atom. The molecular formula is C17H26ClN3O3S. The SMILES string of the molecule is Cl.O=C(Cc1ccc(S(=O)(=O)N2CCCCC2)cc1)NC1CCNC1. The fraction of sp³-hybridized carbons (Fsp3) is 0.588. The van der Waals surface area contributed by atoms with Crippen LogP contribution in [0.3, 0.4) is 0 Å². The van der Waals surface area contributed by atoms with Crippen LogP contribution in [0.15, 0.2) is 29.2 Å². The van der Waals surface area contributed by atoms with Gasteiger partial charge in [0.2, 0.25) is 15.9 Å². The minimum Gasteiger partial charge on any atom is -0.352 e. The molecule has 2 heterocycles. The van der Waals surface area contributed by atoms with Gasteiger partial charge in [0.25, 0.3) is 0 Å². The van der Waals surface area contributed by atoms with Gasteiger partial charge in [-0.2, -0.15) is 4.31 Å². The van der Waals surface area contributed by atoms with E-state index in [0.717, 1.165) is 44.3 Å². The number of halogens is 1. The number of hydrogen-bond acceptors (Lipinski definition) is 4. The van der Waals surface area contributed by atoms with E-state index in [4.69, 9.17) is 0 Å². The van der Waals surface area contributed by atoms with E-state index < -0.39 is 10.0 Å². The molecule has 0 aromatic heterocycles. The molecule has 25 heavy (non-hydrogen) atoms. The fourth-order valence-corrected chi connectivity index (χ4v) is 4.79. The predicted molar refractivity (Wildman–Crippen MR) is 99.4 cm³/mol. The normalized spacial score (nSPS) is 21.5. The molecule has 1 atom stereocenters. The number of nitrogens with one attached hydrogen (secondary N) is 2. The van der Waals surface area contributed by atoms with Gasteiger partial charge in [-0.3, -0.25) is 4.79 Å². The Hall–Kier alpha value is -1.15. The number of amides is 1. The minimum atomic E-state index is -3.40. The molecule has 8 heteroatoms. The smallest absolute Gasteiger partial charge is 0.243 e. The highest BCUT2D eigenvalue weighted by atomic mass is 35.5. The van der Waals surface area contributed by atoms with E-state index in [-0.39, 0.29) is 30.8 Å². The van der Waals surface area contributed by atoms with Crippen molar-refractivity contribution >= 4 is 28.3 Å².